The van der Waals surface area contributed by atoms with E-state index in [2.05, 4.69) is 0 Å². The largest absolute Gasteiger partial charge is 0.497 e. The zero-order valence-corrected chi connectivity index (χ0v) is 19.9. The molecule has 2 aromatic carbocycles. The summed E-state index contributed by atoms with van der Waals surface area (Å²) >= 11 is 0. The predicted molar refractivity (Wildman–Crippen MR) is 127 cm³/mol. The van der Waals surface area contributed by atoms with E-state index in [0.717, 1.165) is 11.3 Å². The molecule has 0 N–H and O–H groups in total. The number of methoxy groups -OCH3 is 1. The van der Waals surface area contributed by atoms with Gasteiger partial charge in [-0.3, -0.25) is 14.9 Å². The Morgan fingerprint density at radius 2 is 1.66 bits per heavy atom. The molecule has 0 aliphatic carbocycles. The van der Waals surface area contributed by atoms with Crippen LogP contribution in [0.4, 0.5) is 5.69 Å². The number of carbonyl (C=O) groups is 1. The zero-order valence-electron chi connectivity index (χ0n) is 19.1. The number of carbonyl (C=O) groups excluding carboxylic acids is 1. The molecule has 4 rings (SSSR count). The van der Waals surface area contributed by atoms with Crippen molar-refractivity contribution in [2.75, 3.05) is 33.3 Å². The van der Waals surface area contributed by atoms with Gasteiger partial charge in [0, 0.05) is 56.7 Å². The van der Waals surface area contributed by atoms with Crippen molar-refractivity contribution in [1.82, 2.24) is 9.21 Å². The second-order valence-corrected chi connectivity index (χ2v) is 9.97. The molecule has 184 valence electrons. The number of nitro benzene ring substituents is 1. The number of hydrogen-bond acceptors (Lipinski definition) is 7. The molecule has 2 heterocycles. The number of amides is 1. The highest BCUT2D eigenvalue weighted by Gasteiger charge is 2.30. The molecule has 1 aliphatic heterocycles. The fourth-order valence-electron chi connectivity index (χ4n) is 3.88. The Morgan fingerprint density at radius 1 is 1.00 bits per heavy atom. The van der Waals surface area contributed by atoms with Crippen LogP contribution < -0.4 is 4.74 Å². The van der Waals surface area contributed by atoms with Crippen LogP contribution in [0.25, 0.3) is 11.3 Å². The maximum Gasteiger partial charge on any atom is 0.269 e. The van der Waals surface area contributed by atoms with Gasteiger partial charge in [-0.25, -0.2) is 8.42 Å². The number of hydrogen-bond donors (Lipinski definition) is 0. The molecule has 1 amide bonds. The summed E-state index contributed by atoms with van der Waals surface area (Å²) in [5, 5.41) is 10.8. The second-order valence-electron chi connectivity index (χ2n) is 8.03. The first kappa shape index (κ1) is 24.4. The second kappa shape index (κ2) is 10.3. The number of benzene rings is 2. The molecule has 0 spiro atoms. The summed E-state index contributed by atoms with van der Waals surface area (Å²) < 4.78 is 38.0. The van der Waals surface area contributed by atoms with Crippen LogP contribution in [0.5, 0.6) is 5.75 Å². The van der Waals surface area contributed by atoms with E-state index in [1.807, 2.05) is 36.4 Å². The van der Waals surface area contributed by atoms with E-state index in [0.29, 0.717) is 17.9 Å². The van der Waals surface area contributed by atoms with E-state index in [1.165, 1.54) is 28.6 Å². The van der Waals surface area contributed by atoms with Crippen LogP contribution in [-0.2, 0) is 21.2 Å². The lowest BCUT2D eigenvalue weighted by Gasteiger charge is -2.34. The Hall–Kier alpha value is -3.70. The van der Waals surface area contributed by atoms with Crippen molar-refractivity contribution in [3.8, 4) is 17.1 Å². The highest BCUT2D eigenvalue weighted by Crippen LogP contribution is 2.25. The van der Waals surface area contributed by atoms with Gasteiger partial charge in [-0.15, -0.1) is 0 Å². The highest BCUT2D eigenvalue weighted by atomic mass is 32.2. The van der Waals surface area contributed by atoms with Crippen LogP contribution in [0.1, 0.15) is 12.2 Å². The normalized spacial score (nSPS) is 14.6. The maximum atomic E-state index is 12.8. The van der Waals surface area contributed by atoms with Gasteiger partial charge >= 0.3 is 0 Å². The van der Waals surface area contributed by atoms with E-state index < -0.39 is 14.9 Å². The molecule has 3 aromatic rings. The molecule has 10 nitrogen and oxygen atoms in total. The van der Waals surface area contributed by atoms with Crippen molar-refractivity contribution in [2.24, 2.45) is 0 Å². The number of aryl methyl sites for hydroxylation is 1. The maximum absolute atomic E-state index is 12.8. The van der Waals surface area contributed by atoms with Crippen molar-refractivity contribution >= 4 is 21.6 Å². The van der Waals surface area contributed by atoms with Crippen molar-refractivity contribution in [1.29, 1.82) is 0 Å². The van der Waals surface area contributed by atoms with Gasteiger partial charge in [0.15, 0.2) is 0 Å². The topological polar surface area (TPSA) is 123 Å². The van der Waals surface area contributed by atoms with Crippen molar-refractivity contribution in [3.05, 3.63) is 76.5 Å². The Kier molecular flexibility index (Phi) is 7.17. The van der Waals surface area contributed by atoms with E-state index in [-0.39, 0.29) is 49.1 Å². The number of rotatable bonds is 8. The third kappa shape index (κ3) is 5.52. The average Bonchev–Trinajstić information content (AvgIpc) is 3.36. The lowest BCUT2D eigenvalue weighted by atomic mass is 10.2. The quantitative estimate of drug-likeness (QED) is 0.344. The molecule has 0 bridgehead atoms. The smallest absolute Gasteiger partial charge is 0.269 e. The molecular weight excluding hydrogens is 474 g/mol. The van der Waals surface area contributed by atoms with E-state index in [4.69, 9.17) is 9.15 Å². The van der Waals surface area contributed by atoms with Crippen LogP contribution in [0.15, 0.2) is 70.0 Å². The molecule has 0 unspecified atom stereocenters. The standard InChI is InChI=1S/C24H25N3O7S/c1-33-20-6-2-18(3-7-20)23-12-8-21(34-23)9-13-24(28)25-14-16-26(17-15-25)35(31,32)22-10-4-19(5-11-22)27(29)30/h2-8,10-12H,9,13-17H2,1H3. The Labute approximate surface area is 202 Å². The minimum atomic E-state index is -3.79. The fraction of sp³-hybridized carbons (Fsp3) is 0.292. The fourth-order valence-corrected chi connectivity index (χ4v) is 5.30. The first-order valence-corrected chi connectivity index (χ1v) is 12.5. The van der Waals surface area contributed by atoms with Gasteiger partial charge in [0.05, 0.1) is 16.9 Å². The number of piperazine rings is 1. The van der Waals surface area contributed by atoms with Gasteiger partial charge in [0.1, 0.15) is 17.3 Å². The van der Waals surface area contributed by atoms with Gasteiger partial charge < -0.3 is 14.1 Å². The van der Waals surface area contributed by atoms with Crippen molar-refractivity contribution < 1.29 is 27.3 Å². The summed E-state index contributed by atoms with van der Waals surface area (Å²) in [7, 11) is -2.18. The summed E-state index contributed by atoms with van der Waals surface area (Å²) in [6.07, 6.45) is 0.695. The molecule has 1 aromatic heterocycles. The minimum Gasteiger partial charge on any atom is -0.497 e. The van der Waals surface area contributed by atoms with Crippen LogP contribution in [0.3, 0.4) is 0 Å². The molecule has 0 saturated carbocycles. The number of ether oxygens (including phenoxy) is 1. The molecular formula is C24H25N3O7S. The molecule has 1 saturated heterocycles. The monoisotopic (exact) mass is 499 g/mol. The molecule has 11 heteroatoms. The predicted octanol–water partition coefficient (Wildman–Crippen LogP) is 3.33. The lowest BCUT2D eigenvalue weighted by molar-refractivity contribution is -0.384. The van der Waals surface area contributed by atoms with E-state index in [1.54, 1.807) is 12.0 Å². The zero-order chi connectivity index (χ0) is 25.0. The summed E-state index contributed by atoms with van der Waals surface area (Å²) in [6.45, 7) is 0.876. The lowest BCUT2D eigenvalue weighted by Crippen LogP contribution is -2.50. The third-order valence-electron chi connectivity index (χ3n) is 5.90. The van der Waals surface area contributed by atoms with Crippen LogP contribution in [0.2, 0.25) is 0 Å². The van der Waals surface area contributed by atoms with Gasteiger partial charge in [-0.05, 0) is 48.5 Å². The average molecular weight is 500 g/mol. The first-order chi connectivity index (χ1) is 16.8. The highest BCUT2D eigenvalue weighted by molar-refractivity contribution is 7.89. The van der Waals surface area contributed by atoms with Crippen molar-refractivity contribution in [3.63, 3.8) is 0 Å². The molecule has 0 atom stereocenters. The van der Waals surface area contributed by atoms with Gasteiger partial charge in [0.2, 0.25) is 15.9 Å². The number of non-ortho nitro benzene ring substituents is 1. The van der Waals surface area contributed by atoms with Gasteiger partial charge in [0.25, 0.3) is 5.69 Å². The summed E-state index contributed by atoms with van der Waals surface area (Å²) in [6, 6.07) is 16.0. The van der Waals surface area contributed by atoms with Gasteiger partial charge in [-0.1, -0.05) is 0 Å². The molecule has 1 aliphatic rings. The van der Waals surface area contributed by atoms with Gasteiger partial charge in [-0.2, -0.15) is 4.31 Å². The summed E-state index contributed by atoms with van der Waals surface area (Å²) in [4.78, 5) is 24.5. The summed E-state index contributed by atoms with van der Waals surface area (Å²) in [5.74, 6) is 2.09. The molecule has 0 radical (unpaired) electrons. The van der Waals surface area contributed by atoms with Crippen LogP contribution in [0, 0.1) is 10.1 Å². The Morgan fingerprint density at radius 3 is 2.26 bits per heavy atom. The number of sulfonamides is 1. The molecule has 35 heavy (non-hydrogen) atoms. The third-order valence-corrected chi connectivity index (χ3v) is 7.81. The Balaban J connectivity index is 1.29. The minimum absolute atomic E-state index is 0.00615. The number of nitro groups is 1. The number of furan rings is 1. The van der Waals surface area contributed by atoms with E-state index in [9.17, 15) is 23.3 Å². The van der Waals surface area contributed by atoms with Crippen LogP contribution in [-0.4, -0.2) is 61.7 Å². The Bertz CT molecular complexity index is 1290. The van der Waals surface area contributed by atoms with E-state index >= 15 is 0 Å². The first-order valence-electron chi connectivity index (χ1n) is 11.0. The SMILES string of the molecule is COc1ccc(-c2ccc(CCC(=O)N3CCN(S(=O)(=O)c4ccc([N+](=O)[O-])cc4)CC3)o2)cc1. The molecule has 1 fully saturated rings. The van der Waals surface area contributed by atoms with Crippen molar-refractivity contribution in [2.45, 2.75) is 17.7 Å². The summed E-state index contributed by atoms with van der Waals surface area (Å²) in [5.41, 5.74) is 0.737. The van der Waals surface area contributed by atoms with Crippen LogP contribution >= 0.6 is 0 Å². The number of nitrogens with zero attached hydrogens (tertiary/aromatic N) is 3.